The summed E-state index contributed by atoms with van der Waals surface area (Å²) >= 11 is 0. The summed E-state index contributed by atoms with van der Waals surface area (Å²) in [4.78, 5) is 41.9. The van der Waals surface area contributed by atoms with Crippen LogP contribution in [0.25, 0.3) is 0 Å². The van der Waals surface area contributed by atoms with Crippen LogP contribution in [0.5, 0.6) is 0 Å². The standard InChI is InChI=1S/C43H62O8/c1-3-20(42(47)50-35-16-24-13-32(35)39-29(24)18-33(44)40(39)45)10-26(9-19(2)41(46)49-34-15-23-12-30(34)28-6-4-5-27(23)28)43(48)51-36-17-25-14-31(36)38-22-8-7-21(11-22)37(25)38/h19-40,44-45H,3-18H2,1-2H3. The molecule has 0 saturated heterocycles. The van der Waals surface area contributed by atoms with E-state index in [0.717, 1.165) is 55.3 Å². The fourth-order valence-electron chi connectivity index (χ4n) is 16.2. The van der Waals surface area contributed by atoms with E-state index in [-0.39, 0.29) is 48.1 Å². The lowest BCUT2D eigenvalue weighted by atomic mass is 9.70. The van der Waals surface area contributed by atoms with E-state index in [0.29, 0.717) is 67.1 Å². The van der Waals surface area contributed by atoms with Gasteiger partial charge < -0.3 is 24.4 Å². The van der Waals surface area contributed by atoms with E-state index in [1.807, 2.05) is 13.8 Å². The number of aliphatic hydroxyl groups excluding tert-OH is 2. The van der Waals surface area contributed by atoms with Crippen molar-refractivity contribution < 1.29 is 38.8 Å². The molecule has 0 aromatic heterocycles. The molecule has 22 unspecified atom stereocenters. The second-order valence-electron chi connectivity index (χ2n) is 20.1. The number of hydrogen-bond donors (Lipinski definition) is 2. The van der Waals surface area contributed by atoms with Crippen molar-refractivity contribution in [3.05, 3.63) is 0 Å². The van der Waals surface area contributed by atoms with Crippen molar-refractivity contribution in [1.82, 2.24) is 0 Å². The van der Waals surface area contributed by atoms with Gasteiger partial charge in [-0.1, -0.05) is 20.3 Å². The highest BCUT2D eigenvalue weighted by atomic mass is 16.6. The fourth-order valence-corrected chi connectivity index (χ4v) is 16.2. The Hall–Kier alpha value is -1.67. The summed E-state index contributed by atoms with van der Waals surface area (Å²) in [6.45, 7) is 3.88. The minimum atomic E-state index is -0.742. The molecule has 0 aromatic rings. The number of carbonyl (C=O) groups is 3. The van der Waals surface area contributed by atoms with Gasteiger partial charge in [0.1, 0.15) is 18.3 Å². The van der Waals surface area contributed by atoms with Gasteiger partial charge in [-0.2, -0.15) is 0 Å². The molecule has 10 saturated carbocycles. The Bertz CT molecular complexity index is 1400. The summed E-state index contributed by atoms with van der Waals surface area (Å²) in [7, 11) is 0. The van der Waals surface area contributed by atoms with Gasteiger partial charge in [-0.15, -0.1) is 0 Å². The molecular formula is C43H62O8. The zero-order valence-electron chi connectivity index (χ0n) is 30.9. The van der Waals surface area contributed by atoms with Crippen LogP contribution < -0.4 is 0 Å². The molecule has 8 heteroatoms. The Labute approximate surface area is 303 Å². The molecule has 10 fully saturated rings. The van der Waals surface area contributed by atoms with E-state index in [1.165, 1.54) is 51.4 Å². The van der Waals surface area contributed by atoms with Crippen LogP contribution in [0.1, 0.15) is 117 Å². The highest BCUT2D eigenvalue weighted by Gasteiger charge is 2.64. The topological polar surface area (TPSA) is 119 Å². The Morgan fingerprint density at radius 2 is 1.14 bits per heavy atom. The summed E-state index contributed by atoms with van der Waals surface area (Å²) in [5.41, 5.74) is 0. The fraction of sp³-hybridized carbons (Fsp3) is 0.930. The zero-order chi connectivity index (χ0) is 34.9. The molecule has 0 amide bonds. The molecule has 0 radical (unpaired) electrons. The van der Waals surface area contributed by atoms with E-state index >= 15 is 0 Å². The van der Waals surface area contributed by atoms with Crippen molar-refractivity contribution in [1.29, 1.82) is 0 Å². The number of fused-ring (bicyclic) bond motifs is 19. The lowest BCUT2D eigenvalue weighted by molar-refractivity contribution is -0.165. The van der Waals surface area contributed by atoms with Crippen LogP contribution in [-0.2, 0) is 28.6 Å². The van der Waals surface area contributed by atoms with Crippen LogP contribution in [0.3, 0.4) is 0 Å². The first-order chi connectivity index (χ1) is 24.7. The normalized spacial score (nSPS) is 52.1. The van der Waals surface area contributed by atoms with Crippen LogP contribution in [0.2, 0.25) is 0 Å². The van der Waals surface area contributed by atoms with Crippen LogP contribution in [0, 0.1) is 101 Å². The lowest BCUT2D eigenvalue weighted by Crippen LogP contribution is -2.40. The predicted octanol–water partition coefficient (Wildman–Crippen LogP) is 6.34. The van der Waals surface area contributed by atoms with E-state index in [9.17, 15) is 24.6 Å². The van der Waals surface area contributed by atoms with Crippen LogP contribution in [0.4, 0.5) is 0 Å². The molecule has 0 spiro atoms. The second-order valence-corrected chi connectivity index (χ2v) is 20.1. The number of aliphatic hydroxyl groups is 2. The molecule has 2 N–H and O–H groups in total. The molecule has 8 bridgehead atoms. The quantitative estimate of drug-likeness (QED) is 0.145. The number of carbonyl (C=O) groups excluding carboxylic acids is 3. The maximum Gasteiger partial charge on any atom is 0.309 e. The number of hydrogen-bond acceptors (Lipinski definition) is 8. The molecule has 0 aliphatic heterocycles. The zero-order valence-corrected chi connectivity index (χ0v) is 30.9. The van der Waals surface area contributed by atoms with E-state index in [2.05, 4.69) is 0 Å². The van der Waals surface area contributed by atoms with Gasteiger partial charge in [0.15, 0.2) is 0 Å². The van der Waals surface area contributed by atoms with Crippen molar-refractivity contribution >= 4 is 17.9 Å². The highest BCUT2D eigenvalue weighted by Crippen LogP contribution is 2.68. The smallest absolute Gasteiger partial charge is 0.309 e. The van der Waals surface area contributed by atoms with E-state index < -0.39 is 30.0 Å². The van der Waals surface area contributed by atoms with Crippen molar-refractivity contribution in [2.45, 2.75) is 147 Å². The average Bonchev–Trinajstić information content (AvgIpc) is 3.95. The summed E-state index contributed by atoms with van der Waals surface area (Å²) in [5, 5.41) is 21.1. The summed E-state index contributed by atoms with van der Waals surface area (Å²) in [5.74, 6) is 5.73. The first kappa shape index (κ1) is 33.9. The van der Waals surface area contributed by atoms with Gasteiger partial charge in [-0.3, -0.25) is 14.4 Å². The van der Waals surface area contributed by atoms with Gasteiger partial charge in [0.05, 0.1) is 30.0 Å². The molecule has 10 aliphatic rings. The lowest BCUT2D eigenvalue weighted by Gasteiger charge is -2.38. The maximum absolute atomic E-state index is 14.3. The molecule has 282 valence electrons. The summed E-state index contributed by atoms with van der Waals surface area (Å²) < 4.78 is 19.0. The number of ether oxygens (including phenoxy) is 3. The Balaban J connectivity index is 0.816. The number of esters is 3. The Morgan fingerprint density at radius 3 is 1.90 bits per heavy atom. The predicted molar refractivity (Wildman–Crippen MR) is 186 cm³/mol. The monoisotopic (exact) mass is 706 g/mol. The first-order valence-corrected chi connectivity index (χ1v) is 21.6. The molecule has 8 nitrogen and oxygen atoms in total. The average molecular weight is 707 g/mol. The Kier molecular flexibility index (Phi) is 8.43. The molecule has 10 aliphatic carbocycles. The first-order valence-electron chi connectivity index (χ1n) is 21.6. The molecule has 51 heavy (non-hydrogen) atoms. The minimum absolute atomic E-state index is 0.00252. The van der Waals surface area contributed by atoms with Crippen LogP contribution in [0.15, 0.2) is 0 Å². The molecule has 0 aromatic carbocycles. The van der Waals surface area contributed by atoms with Crippen molar-refractivity contribution in [2.75, 3.05) is 0 Å². The SMILES string of the molecule is CCC(CC(CC(C)C(=O)OC1CC2CC1C1CCCC21)C(=O)OC1CC2CC1C1C3CCC(C3)C21)C(=O)OC1CC2CC1C1C(O)C(O)CC21. The van der Waals surface area contributed by atoms with Gasteiger partial charge in [-0.05, 0) is 173 Å². The summed E-state index contributed by atoms with van der Waals surface area (Å²) in [6, 6.07) is 0. The van der Waals surface area contributed by atoms with Crippen LogP contribution >= 0.6 is 0 Å². The van der Waals surface area contributed by atoms with Gasteiger partial charge in [0.25, 0.3) is 0 Å². The minimum Gasteiger partial charge on any atom is -0.462 e. The summed E-state index contributed by atoms with van der Waals surface area (Å²) in [6.07, 6.45) is 14.3. The third kappa shape index (κ3) is 5.34. The largest absolute Gasteiger partial charge is 0.462 e. The van der Waals surface area contributed by atoms with Crippen LogP contribution in [-0.4, -0.2) is 58.6 Å². The van der Waals surface area contributed by atoms with Gasteiger partial charge in [0.2, 0.25) is 0 Å². The van der Waals surface area contributed by atoms with Crippen molar-refractivity contribution in [3.63, 3.8) is 0 Å². The molecule has 10 rings (SSSR count). The van der Waals surface area contributed by atoms with Gasteiger partial charge in [0, 0.05) is 5.92 Å². The van der Waals surface area contributed by atoms with E-state index in [4.69, 9.17) is 14.2 Å². The number of rotatable bonds is 11. The van der Waals surface area contributed by atoms with Gasteiger partial charge in [-0.25, -0.2) is 0 Å². The Morgan fingerprint density at radius 1 is 0.549 bits per heavy atom. The second kappa shape index (κ2) is 12.7. The van der Waals surface area contributed by atoms with Gasteiger partial charge >= 0.3 is 17.9 Å². The third-order valence-electron chi connectivity index (χ3n) is 18.1. The third-order valence-corrected chi connectivity index (χ3v) is 18.1. The van der Waals surface area contributed by atoms with Crippen molar-refractivity contribution in [3.8, 4) is 0 Å². The molecular weight excluding hydrogens is 644 g/mol. The highest BCUT2D eigenvalue weighted by molar-refractivity contribution is 5.78. The van der Waals surface area contributed by atoms with E-state index in [1.54, 1.807) is 0 Å². The molecule has 0 heterocycles. The molecule has 22 atom stereocenters. The maximum atomic E-state index is 14.3. The van der Waals surface area contributed by atoms with Crippen molar-refractivity contribution in [2.24, 2.45) is 101 Å².